The van der Waals surface area contributed by atoms with Crippen molar-refractivity contribution in [2.24, 2.45) is 23.7 Å². The molecule has 0 unspecified atom stereocenters. The number of rotatable bonds is 0. The summed E-state index contributed by atoms with van der Waals surface area (Å²) in [6.07, 6.45) is 6.90. The fourth-order valence-corrected chi connectivity index (χ4v) is 4.03. The Balaban J connectivity index is 1.90. The number of hydrogen-bond donors (Lipinski definition) is 1. The predicted octanol–water partition coefficient (Wildman–Crippen LogP) is 1.80. The van der Waals surface area contributed by atoms with Crippen LogP contribution >= 0.6 is 0 Å². The van der Waals surface area contributed by atoms with E-state index >= 15 is 0 Å². The van der Waals surface area contributed by atoms with E-state index in [9.17, 15) is 5.11 Å². The van der Waals surface area contributed by atoms with Gasteiger partial charge in [0.1, 0.15) is 0 Å². The molecule has 0 aliphatic heterocycles. The van der Waals surface area contributed by atoms with Crippen LogP contribution in [-0.2, 0) is 0 Å². The second-order valence-electron chi connectivity index (χ2n) is 4.72. The molecular formula is C10H16O. The van der Waals surface area contributed by atoms with Crippen LogP contribution in [0.1, 0.15) is 32.1 Å². The zero-order valence-electron chi connectivity index (χ0n) is 6.87. The van der Waals surface area contributed by atoms with E-state index < -0.39 is 0 Å². The summed E-state index contributed by atoms with van der Waals surface area (Å²) >= 11 is 0. The fourth-order valence-electron chi connectivity index (χ4n) is 4.03. The number of aliphatic hydroxyl groups excluding tert-OH is 1. The summed E-state index contributed by atoms with van der Waals surface area (Å²) in [5, 5.41) is 9.67. The van der Waals surface area contributed by atoms with E-state index in [1.807, 2.05) is 0 Å². The Morgan fingerprint density at radius 2 is 1.73 bits per heavy atom. The van der Waals surface area contributed by atoms with Gasteiger partial charge in [-0.2, -0.15) is 0 Å². The van der Waals surface area contributed by atoms with Crippen LogP contribution in [0.2, 0.25) is 0 Å². The van der Waals surface area contributed by atoms with Crippen LogP contribution < -0.4 is 0 Å². The van der Waals surface area contributed by atoms with Gasteiger partial charge in [-0.1, -0.05) is 6.42 Å². The maximum atomic E-state index is 9.67. The summed E-state index contributed by atoms with van der Waals surface area (Å²) in [6, 6.07) is 0. The van der Waals surface area contributed by atoms with E-state index in [0.29, 0.717) is 5.92 Å². The van der Waals surface area contributed by atoms with Gasteiger partial charge >= 0.3 is 0 Å². The molecule has 0 amide bonds. The van der Waals surface area contributed by atoms with Crippen LogP contribution in [0.15, 0.2) is 0 Å². The quantitative estimate of drug-likeness (QED) is 0.561. The monoisotopic (exact) mass is 152 g/mol. The third-order valence-corrected chi connectivity index (χ3v) is 4.39. The van der Waals surface area contributed by atoms with Crippen molar-refractivity contribution < 1.29 is 5.11 Å². The lowest BCUT2D eigenvalue weighted by atomic mass is 9.80. The molecule has 0 saturated heterocycles. The van der Waals surface area contributed by atoms with E-state index in [-0.39, 0.29) is 6.10 Å². The maximum absolute atomic E-state index is 9.67. The Labute approximate surface area is 67.8 Å². The highest BCUT2D eigenvalue weighted by Gasteiger charge is 2.53. The van der Waals surface area contributed by atoms with Crippen molar-refractivity contribution in [3.8, 4) is 0 Å². The Morgan fingerprint density at radius 1 is 0.909 bits per heavy atom. The van der Waals surface area contributed by atoms with Gasteiger partial charge in [0.2, 0.25) is 0 Å². The van der Waals surface area contributed by atoms with Gasteiger partial charge in [-0.15, -0.1) is 0 Å². The molecular weight excluding hydrogens is 136 g/mol. The van der Waals surface area contributed by atoms with Crippen molar-refractivity contribution in [2.75, 3.05) is 0 Å². The summed E-state index contributed by atoms with van der Waals surface area (Å²) in [5.74, 6) is 3.60. The van der Waals surface area contributed by atoms with Crippen molar-refractivity contribution in [2.45, 2.75) is 38.2 Å². The van der Waals surface area contributed by atoms with Gasteiger partial charge in [0.25, 0.3) is 0 Å². The summed E-state index contributed by atoms with van der Waals surface area (Å²) in [7, 11) is 0. The lowest BCUT2D eigenvalue weighted by Crippen LogP contribution is -2.27. The molecule has 11 heavy (non-hydrogen) atoms. The number of hydrogen-bond acceptors (Lipinski definition) is 1. The van der Waals surface area contributed by atoms with Crippen LogP contribution in [0.5, 0.6) is 0 Å². The molecule has 2 bridgehead atoms. The minimum absolute atomic E-state index is 0.0827. The second-order valence-corrected chi connectivity index (χ2v) is 4.72. The third-order valence-electron chi connectivity index (χ3n) is 4.39. The molecule has 3 aliphatic rings. The minimum Gasteiger partial charge on any atom is -0.393 e. The maximum Gasteiger partial charge on any atom is 0.0574 e. The summed E-state index contributed by atoms with van der Waals surface area (Å²) in [6.45, 7) is 0. The van der Waals surface area contributed by atoms with Crippen LogP contribution in [0.4, 0.5) is 0 Å². The third kappa shape index (κ3) is 0.703. The van der Waals surface area contributed by atoms with E-state index in [2.05, 4.69) is 0 Å². The molecule has 3 saturated carbocycles. The van der Waals surface area contributed by atoms with Gasteiger partial charge in [0.05, 0.1) is 6.10 Å². The predicted molar refractivity (Wildman–Crippen MR) is 43.1 cm³/mol. The molecule has 1 N–H and O–H groups in total. The highest BCUT2D eigenvalue weighted by molar-refractivity contribution is 5.02. The molecule has 1 heteroatoms. The van der Waals surface area contributed by atoms with Crippen molar-refractivity contribution in [3.05, 3.63) is 0 Å². The van der Waals surface area contributed by atoms with E-state index in [1.54, 1.807) is 0 Å². The first-order valence-corrected chi connectivity index (χ1v) is 5.04. The number of fused-ring (bicyclic) bond motifs is 5. The Bertz CT molecular complexity index is 178. The van der Waals surface area contributed by atoms with E-state index in [4.69, 9.17) is 0 Å². The SMILES string of the molecule is O[C@@H]1C[C@H]2C[C@H]1[C@@H]1CCC[C@@H]21. The Kier molecular flexibility index (Phi) is 1.18. The first-order chi connectivity index (χ1) is 5.36. The van der Waals surface area contributed by atoms with Gasteiger partial charge in [-0.3, -0.25) is 0 Å². The van der Waals surface area contributed by atoms with Gasteiger partial charge in [0.15, 0.2) is 0 Å². The highest BCUT2D eigenvalue weighted by atomic mass is 16.3. The van der Waals surface area contributed by atoms with Crippen molar-refractivity contribution in [1.82, 2.24) is 0 Å². The molecule has 3 rings (SSSR count). The molecule has 0 aromatic heterocycles. The average molecular weight is 152 g/mol. The fraction of sp³-hybridized carbons (Fsp3) is 1.00. The zero-order valence-corrected chi connectivity index (χ0v) is 6.87. The molecule has 0 aromatic rings. The highest BCUT2D eigenvalue weighted by Crippen LogP contribution is 2.58. The van der Waals surface area contributed by atoms with Crippen molar-refractivity contribution >= 4 is 0 Å². The van der Waals surface area contributed by atoms with E-state index in [1.165, 1.54) is 25.7 Å². The van der Waals surface area contributed by atoms with Crippen LogP contribution in [0.3, 0.4) is 0 Å². The Hall–Kier alpha value is -0.0400. The first-order valence-electron chi connectivity index (χ1n) is 5.04. The lowest BCUT2D eigenvalue weighted by Gasteiger charge is -2.28. The van der Waals surface area contributed by atoms with Crippen molar-refractivity contribution in [3.63, 3.8) is 0 Å². The molecule has 0 radical (unpaired) electrons. The van der Waals surface area contributed by atoms with Crippen LogP contribution in [0, 0.1) is 23.7 Å². The molecule has 62 valence electrons. The van der Waals surface area contributed by atoms with Gasteiger partial charge in [-0.05, 0) is 49.4 Å². The zero-order chi connectivity index (χ0) is 7.42. The van der Waals surface area contributed by atoms with Crippen LogP contribution in [0.25, 0.3) is 0 Å². The van der Waals surface area contributed by atoms with Crippen molar-refractivity contribution in [1.29, 1.82) is 0 Å². The minimum atomic E-state index is 0.0827. The molecule has 3 aliphatic carbocycles. The van der Waals surface area contributed by atoms with Crippen LogP contribution in [-0.4, -0.2) is 11.2 Å². The first kappa shape index (κ1) is 6.47. The smallest absolute Gasteiger partial charge is 0.0574 e. The Morgan fingerprint density at radius 3 is 2.64 bits per heavy atom. The normalized spacial score (nSPS) is 60.3. The van der Waals surface area contributed by atoms with E-state index in [0.717, 1.165) is 24.2 Å². The molecule has 0 spiro atoms. The van der Waals surface area contributed by atoms with Gasteiger partial charge in [-0.25, -0.2) is 0 Å². The number of aliphatic hydroxyl groups is 1. The summed E-state index contributed by atoms with van der Waals surface area (Å²) in [5.41, 5.74) is 0. The molecule has 0 aromatic carbocycles. The second kappa shape index (κ2) is 2.01. The van der Waals surface area contributed by atoms with Gasteiger partial charge < -0.3 is 5.11 Å². The largest absolute Gasteiger partial charge is 0.393 e. The summed E-state index contributed by atoms with van der Waals surface area (Å²) in [4.78, 5) is 0. The summed E-state index contributed by atoms with van der Waals surface area (Å²) < 4.78 is 0. The molecule has 3 fully saturated rings. The average Bonchev–Trinajstić information content (AvgIpc) is 2.52. The lowest BCUT2D eigenvalue weighted by molar-refractivity contribution is 0.0642. The van der Waals surface area contributed by atoms with Gasteiger partial charge in [0, 0.05) is 0 Å². The standard InChI is InChI=1S/C10H16O/c11-10-5-6-4-9(10)8-3-1-2-7(6)8/h6-11H,1-5H2/t6-,7+,8-,9+,10-/m1/s1. The molecule has 1 nitrogen and oxygen atoms in total. The topological polar surface area (TPSA) is 20.2 Å². The molecule has 0 heterocycles. The molecule has 5 atom stereocenters.